The summed E-state index contributed by atoms with van der Waals surface area (Å²) in [6.07, 6.45) is -1.33. The molecule has 0 aliphatic carbocycles. The van der Waals surface area contributed by atoms with Crippen molar-refractivity contribution < 1.29 is 31.0 Å². The van der Waals surface area contributed by atoms with Crippen LogP contribution in [0.4, 0.5) is 4.79 Å². The summed E-state index contributed by atoms with van der Waals surface area (Å²) in [6.45, 7) is 0. The van der Waals surface area contributed by atoms with Crippen LogP contribution in [0.5, 0.6) is 0 Å². The van der Waals surface area contributed by atoms with Gasteiger partial charge in [0, 0.05) is 0 Å². The van der Waals surface area contributed by atoms with Crippen LogP contribution in [-0.2, 0) is 48.1 Å². The fourth-order valence-corrected chi connectivity index (χ4v) is 0. The summed E-state index contributed by atoms with van der Waals surface area (Å²) in [4.78, 5) is 8.78. The number of carboxylic acid groups (broad SMARTS) is 1. The van der Waals surface area contributed by atoms with E-state index in [1.54, 1.807) is 0 Å². The van der Waals surface area contributed by atoms with Crippen LogP contribution in [-0.4, -0.2) is 11.2 Å². The molecular weight excluding hydrogens is 218 g/mol. The van der Waals surface area contributed by atoms with Crippen molar-refractivity contribution in [2.75, 3.05) is 0 Å². The molecular formula is CH5MoNO2S2. The molecule has 1 amide bonds. The summed E-state index contributed by atoms with van der Waals surface area (Å²) in [7, 11) is 0. The number of carbonyl (C=O) groups is 1. The fraction of sp³-hybridized carbons (Fsp3) is 0. The van der Waals surface area contributed by atoms with Gasteiger partial charge in [0.05, 0.1) is 0 Å². The van der Waals surface area contributed by atoms with E-state index in [4.69, 9.17) is 9.90 Å². The SMILES string of the molecule is NC(=O)O.[Mo+2].[SH-].[SH-]. The van der Waals surface area contributed by atoms with E-state index in [9.17, 15) is 0 Å². The Morgan fingerprint density at radius 1 is 1.43 bits per heavy atom. The minimum atomic E-state index is -1.33. The van der Waals surface area contributed by atoms with Gasteiger partial charge in [0.2, 0.25) is 0 Å². The van der Waals surface area contributed by atoms with E-state index < -0.39 is 6.09 Å². The summed E-state index contributed by atoms with van der Waals surface area (Å²) in [5.41, 5.74) is 4.03. The minimum Gasteiger partial charge on any atom is -0.813 e. The van der Waals surface area contributed by atoms with Gasteiger partial charge >= 0.3 is 27.2 Å². The second-order valence-corrected chi connectivity index (χ2v) is 0.338. The number of primary amides is 1. The first-order valence-corrected chi connectivity index (χ1v) is 0.716. The molecule has 0 rings (SSSR count). The van der Waals surface area contributed by atoms with Gasteiger partial charge in [-0.3, -0.25) is 0 Å². The average Bonchev–Trinajstić information content (AvgIpc) is 0.811. The number of hydrogen-bond donors (Lipinski definition) is 2. The molecule has 0 aromatic carbocycles. The third-order valence-electron chi connectivity index (χ3n) is 0. The fourth-order valence-electron chi connectivity index (χ4n) is 0. The van der Waals surface area contributed by atoms with Crippen molar-refractivity contribution in [3.63, 3.8) is 0 Å². The van der Waals surface area contributed by atoms with E-state index in [2.05, 4.69) is 5.73 Å². The van der Waals surface area contributed by atoms with Crippen LogP contribution < -0.4 is 5.73 Å². The first-order chi connectivity index (χ1) is 1.73. The molecule has 0 radical (unpaired) electrons. The molecule has 0 aromatic heterocycles. The van der Waals surface area contributed by atoms with Crippen molar-refractivity contribution in [2.24, 2.45) is 5.73 Å². The molecule has 0 aliphatic heterocycles. The van der Waals surface area contributed by atoms with E-state index >= 15 is 0 Å². The molecule has 0 heterocycles. The van der Waals surface area contributed by atoms with Crippen molar-refractivity contribution in [1.82, 2.24) is 0 Å². The predicted octanol–water partition coefficient (Wildman–Crippen LogP) is -0.920. The second-order valence-electron chi connectivity index (χ2n) is 0.338. The first-order valence-electron chi connectivity index (χ1n) is 0.716. The van der Waals surface area contributed by atoms with Gasteiger partial charge in [-0.2, -0.15) is 0 Å². The molecule has 7 heavy (non-hydrogen) atoms. The van der Waals surface area contributed by atoms with Gasteiger partial charge in [-0.15, -0.1) is 0 Å². The number of hydrogen-bond acceptors (Lipinski definition) is 3. The molecule has 0 bridgehead atoms. The van der Waals surface area contributed by atoms with Crippen LogP contribution in [0.25, 0.3) is 0 Å². The minimum absolute atomic E-state index is 0. The molecule has 0 aliphatic rings. The first kappa shape index (κ1) is 25.4. The summed E-state index contributed by atoms with van der Waals surface area (Å²) < 4.78 is 0. The van der Waals surface area contributed by atoms with E-state index in [-0.39, 0.29) is 48.1 Å². The van der Waals surface area contributed by atoms with Gasteiger partial charge in [0.1, 0.15) is 0 Å². The summed E-state index contributed by atoms with van der Waals surface area (Å²) in [5.74, 6) is 0. The van der Waals surface area contributed by atoms with Gasteiger partial charge in [0.15, 0.2) is 0 Å². The normalized spacial score (nSPS) is 3.43. The number of nitrogens with two attached hydrogens (primary N) is 1. The van der Waals surface area contributed by atoms with Crippen LogP contribution in [0.3, 0.4) is 0 Å². The van der Waals surface area contributed by atoms with Gasteiger partial charge in [-0.1, -0.05) is 0 Å². The standard InChI is InChI=1S/CH3NO2.Mo.2H2S/c2-1(3)4;;;/h2H2,(H,3,4);;2*1H2/q;+2;;/p-2. The average molecular weight is 223 g/mol. The van der Waals surface area contributed by atoms with Crippen molar-refractivity contribution in [3.8, 4) is 0 Å². The number of thiol groups is 2. The van der Waals surface area contributed by atoms with E-state index in [0.717, 1.165) is 0 Å². The Bertz CT molecular complexity index is 38.7. The Kier molecular flexibility index (Phi) is 57.7. The summed E-state index contributed by atoms with van der Waals surface area (Å²) >= 11 is 0. The van der Waals surface area contributed by atoms with Crippen molar-refractivity contribution >= 4 is 33.1 Å². The third kappa shape index (κ3) is 333. The van der Waals surface area contributed by atoms with E-state index in [1.165, 1.54) is 0 Å². The monoisotopic (exact) mass is 225 g/mol. The van der Waals surface area contributed by atoms with Crippen LogP contribution in [0.15, 0.2) is 0 Å². The maximum atomic E-state index is 8.78. The van der Waals surface area contributed by atoms with Crippen LogP contribution in [0.1, 0.15) is 0 Å². The number of rotatable bonds is 0. The van der Waals surface area contributed by atoms with Crippen molar-refractivity contribution in [3.05, 3.63) is 0 Å². The Hall–Kier alpha value is 0.658. The van der Waals surface area contributed by atoms with Gasteiger partial charge in [-0.05, 0) is 0 Å². The molecule has 3 nitrogen and oxygen atoms in total. The maximum absolute atomic E-state index is 8.78. The molecule has 0 fully saturated rings. The molecule has 0 unspecified atom stereocenters. The zero-order valence-corrected chi connectivity index (χ0v) is 7.03. The van der Waals surface area contributed by atoms with Crippen LogP contribution in [0.2, 0.25) is 0 Å². The van der Waals surface area contributed by atoms with Crippen LogP contribution in [0, 0.1) is 0 Å². The van der Waals surface area contributed by atoms with Crippen molar-refractivity contribution in [2.45, 2.75) is 0 Å². The molecule has 3 N–H and O–H groups in total. The third-order valence-corrected chi connectivity index (χ3v) is 0. The zero-order valence-electron chi connectivity index (χ0n) is 3.24. The molecule has 6 heteroatoms. The van der Waals surface area contributed by atoms with Crippen molar-refractivity contribution in [1.29, 1.82) is 0 Å². The van der Waals surface area contributed by atoms with Gasteiger partial charge in [0.25, 0.3) is 0 Å². The predicted molar refractivity (Wildman–Crippen MR) is 29.7 cm³/mol. The molecule has 0 aromatic rings. The van der Waals surface area contributed by atoms with E-state index in [0.29, 0.717) is 0 Å². The second kappa shape index (κ2) is 15.9. The molecule has 0 spiro atoms. The largest absolute Gasteiger partial charge is 2.00 e. The molecule has 0 atom stereocenters. The van der Waals surface area contributed by atoms with Gasteiger partial charge in [-0.25, -0.2) is 4.79 Å². The Labute approximate surface area is 69.8 Å². The van der Waals surface area contributed by atoms with Crippen LogP contribution >= 0.6 is 0 Å². The quantitative estimate of drug-likeness (QED) is 0.317. The molecule has 0 saturated heterocycles. The Morgan fingerprint density at radius 3 is 1.43 bits per heavy atom. The van der Waals surface area contributed by atoms with Gasteiger partial charge < -0.3 is 37.8 Å². The molecule has 44 valence electrons. The summed E-state index contributed by atoms with van der Waals surface area (Å²) in [6, 6.07) is 0. The topological polar surface area (TPSA) is 63.3 Å². The Morgan fingerprint density at radius 2 is 1.43 bits per heavy atom. The number of amides is 1. The summed E-state index contributed by atoms with van der Waals surface area (Å²) in [5, 5.41) is 7.19. The molecule has 0 saturated carbocycles. The van der Waals surface area contributed by atoms with E-state index in [1.807, 2.05) is 0 Å². The Balaban J connectivity index is -0.0000000150. The smallest absolute Gasteiger partial charge is 0.813 e. The zero-order chi connectivity index (χ0) is 3.58. The maximum Gasteiger partial charge on any atom is 2.00 e.